The molecule has 0 radical (unpaired) electrons. The smallest absolute Gasteiger partial charge is 0.256 e. The van der Waals surface area contributed by atoms with Crippen molar-refractivity contribution in [1.82, 2.24) is 10.3 Å². The Morgan fingerprint density at radius 1 is 1.41 bits per heavy atom. The fourth-order valence-corrected chi connectivity index (χ4v) is 3.73. The maximum Gasteiger partial charge on any atom is 0.256 e. The molecule has 3 heterocycles. The number of nitrogens with one attached hydrogen (secondary N) is 1. The van der Waals surface area contributed by atoms with Crippen LogP contribution in [0.15, 0.2) is 28.1 Å². The Balaban J connectivity index is 1.59. The third kappa shape index (κ3) is 3.31. The molecule has 1 aliphatic heterocycles. The highest BCUT2D eigenvalue weighted by molar-refractivity contribution is 7.09. The van der Waals surface area contributed by atoms with Crippen molar-refractivity contribution >= 4 is 28.2 Å². The summed E-state index contributed by atoms with van der Waals surface area (Å²) >= 11 is 1.55. The van der Waals surface area contributed by atoms with Gasteiger partial charge in [0, 0.05) is 5.39 Å². The van der Waals surface area contributed by atoms with E-state index in [0.717, 1.165) is 10.6 Å². The van der Waals surface area contributed by atoms with Crippen molar-refractivity contribution in [3.8, 4) is 5.75 Å². The highest BCUT2D eigenvalue weighted by Gasteiger charge is 2.40. The second-order valence-electron chi connectivity index (χ2n) is 6.73. The van der Waals surface area contributed by atoms with Crippen LogP contribution >= 0.6 is 11.3 Å². The summed E-state index contributed by atoms with van der Waals surface area (Å²) in [5.41, 5.74) is 3.09. The first-order valence-electron chi connectivity index (χ1n) is 8.57. The molecule has 0 aliphatic carbocycles. The van der Waals surface area contributed by atoms with Gasteiger partial charge in [0.25, 0.3) is 5.91 Å². The lowest BCUT2D eigenvalue weighted by Crippen LogP contribution is -2.64. The van der Waals surface area contributed by atoms with Crippen LogP contribution in [0.2, 0.25) is 0 Å². The fraction of sp³-hybridized carbons (Fsp3) is 0.368. The van der Waals surface area contributed by atoms with Crippen LogP contribution in [-0.2, 0) is 11.3 Å². The Labute approximate surface area is 159 Å². The first-order chi connectivity index (χ1) is 13.0. The summed E-state index contributed by atoms with van der Waals surface area (Å²) in [7, 11) is 0. The molecule has 1 aromatic carbocycles. The van der Waals surface area contributed by atoms with Gasteiger partial charge in [0.15, 0.2) is 0 Å². The van der Waals surface area contributed by atoms with E-state index in [9.17, 15) is 9.90 Å². The van der Waals surface area contributed by atoms with Gasteiger partial charge in [0.1, 0.15) is 29.2 Å². The van der Waals surface area contributed by atoms with E-state index in [-0.39, 0.29) is 12.5 Å². The van der Waals surface area contributed by atoms with E-state index in [2.05, 4.69) is 10.3 Å². The van der Waals surface area contributed by atoms with Crippen LogP contribution < -0.4 is 10.1 Å². The molecule has 2 aromatic heterocycles. The number of ether oxygens (including phenoxy) is 2. The summed E-state index contributed by atoms with van der Waals surface area (Å²) in [5, 5.41) is 13.1. The standard InChI is InChI=1S/C19H20N2O5S/c1-11-16(27-10-20-11)6-25-13-3-4-15-14(5-13)17(12(2)26-15)18(23)21-19(7-22)8-24-9-19/h3-5,10,22H,6-9H2,1-2H3,(H,21,23). The normalized spacial score (nSPS) is 15.5. The summed E-state index contributed by atoms with van der Waals surface area (Å²) in [6.07, 6.45) is 0. The molecule has 1 amide bonds. The van der Waals surface area contributed by atoms with Gasteiger partial charge in [-0.25, -0.2) is 4.98 Å². The van der Waals surface area contributed by atoms with Gasteiger partial charge in [-0.15, -0.1) is 11.3 Å². The Bertz CT molecular complexity index is 984. The van der Waals surface area contributed by atoms with Gasteiger partial charge >= 0.3 is 0 Å². The first kappa shape index (κ1) is 18.0. The second kappa shape index (κ2) is 6.95. The Morgan fingerprint density at radius 3 is 2.85 bits per heavy atom. The molecule has 0 atom stereocenters. The molecule has 0 spiro atoms. The van der Waals surface area contributed by atoms with Crippen molar-refractivity contribution in [2.45, 2.75) is 26.0 Å². The van der Waals surface area contributed by atoms with Gasteiger partial charge in [0.2, 0.25) is 0 Å². The molecular formula is C19H20N2O5S. The molecule has 7 nitrogen and oxygen atoms in total. The van der Waals surface area contributed by atoms with E-state index in [4.69, 9.17) is 13.9 Å². The average molecular weight is 388 g/mol. The van der Waals surface area contributed by atoms with Crippen LogP contribution in [0.1, 0.15) is 26.7 Å². The average Bonchev–Trinajstić information content (AvgIpc) is 3.17. The monoisotopic (exact) mass is 388 g/mol. The number of nitrogens with zero attached hydrogens (tertiary/aromatic N) is 1. The number of aromatic nitrogens is 1. The molecule has 1 aliphatic rings. The van der Waals surface area contributed by atoms with Crippen molar-refractivity contribution in [3.63, 3.8) is 0 Å². The van der Waals surface area contributed by atoms with E-state index in [1.54, 1.807) is 35.9 Å². The number of benzene rings is 1. The van der Waals surface area contributed by atoms with Crippen molar-refractivity contribution in [3.05, 3.63) is 45.6 Å². The van der Waals surface area contributed by atoms with Crippen LogP contribution in [0.3, 0.4) is 0 Å². The van der Waals surface area contributed by atoms with E-state index >= 15 is 0 Å². The predicted octanol–water partition coefficient (Wildman–Crippen LogP) is 2.58. The number of amides is 1. The summed E-state index contributed by atoms with van der Waals surface area (Å²) in [4.78, 5) is 18.1. The number of hydrogen-bond donors (Lipinski definition) is 2. The van der Waals surface area contributed by atoms with E-state index in [1.807, 2.05) is 13.0 Å². The third-order valence-corrected chi connectivity index (χ3v) is 5.62. The number of fused-ring (bicyclic) bond motifs is 1. The number of aliphatic hydroxyl groups is 1. The number of rotatable bonds is 6. The number of carbonyl (C=O) groups is 1. The topological polar surface area (TPSA) is 93.8 Å². The van der Waals surface area contributed by atoms with Crippen LogP contribution in [0, 0.1) is 13.8 Å². The van der Waals surface area contributed by atoms with Crippen LogP contribution in [0.4, 0.5) is 0 Å². The van der Waals surface area contributed by atoms with Gasteiger partial charge in [-0.2, -0.15) is 0 Å². The number of aryl methyl sites for hydroxylation is 2. The molecule has 0 bridgehead atoms. The number of furan rings is 1. The van der Waals surface area contributed by atoms with Gasteiger partial charge in [0.05, 0.1) is 41.5 Å². The van der Waals surface area contributed by atoms with Gasteiger partial charge < -0.3 is 24.3 Å². The van der Waals surface area contributed by atoms with Gasteiger partial charge in [-0.05, 0) is 32.0 Å². The third-order valence-electron chi connectivity index (χ3n) is 4.72. The number of aliphatic hydroxyl groups excluding tert-OH is 1. The van der Waals surface area contributed by atoms with Gasteiger partial charge in [-0.1, -0.05) is 0 Å². The van der Waals surface area contributed by atoms with Crippen molar-refractivity contribution < 1.29 is 23.8 Å². The predicted molar refractivity (Wildman–Crippen MR) is 100 cm³/mol. The van der Waals surface area contributed by atoms with Gasteiger partial charge in [-0.3, -0.25) is 4.79 Å². The zero-order valence-electron chi connectivity index (χ0n) is 15.1. The SMILES string of the molecule is Cc1ncsc1COc1ccc2oc(C)c(C(=O)NC3(CO)COC3)c2c1. The quantitative estimate of drug-likeness (QED) is 0.674. The Kier molecular flexibility index (Phi) is 4.63. The molecule has 2 N–H and O–H groups in total. The lowest BCUT2D eigenvalue weighted by atomic mass is 9.97. The maximum absolute atomic E-state index is 12.8. The van der Waals surface area contributed by atoms with Crippen molar-refractivity contribution in [2.24, 2.45) is 0 Å². The van der Waals surface area contributed by atoms with Crippen LogP contribution in [-0.4, -0.2) is 41.4 Å². The summed E-state index contributed by atoms with van der Waals surface area (Å²) < 4.78 is 16.7. The number of thiazole rings is 1. The highest BCUT2D eigenvalue weighted by Crippen LogP contribution is 2.30. The molecular weight excluding hydrogens is 368 g/mol. The fourth-order valence-electron chi connectivity index (χ4n) is 3.04. The lowest BCUT2D eigenvalue weighted by molar-refractivity contribution is -0.0919. The molecule has 8 heteroatoms. The minimum Gasteiger partial charge on any atom is -0.488 e. The largest absolute Gasteiger partial charge is 0.488 e. The molecule has 142 valence electrons. The molecule has 1 saturated heterocycles. The molecule has 4 rings (SSSR count). The summed E-state index contributed by atoms with van der Waals surface area (Å²) in [5.74, 6) is 0.874. The summed E-state index contributed by atoms with van der Waals surface area (Å²) in [6.45, 7) is 4.54. The number of carbonyl (C=O) groups excluding carboxylic acids is 1. The second-order valence-corrected chi connectivity index (χ2v) is 7.67. The van der Waals surface area contributed by atoms with Crippen molar-refractivity contribution in [1.29, 1.82) is 0 Å². The Morgan fingerprint density at radius 2 is 2.22 bits per heavy atom. The van der Waals surface area contributed by atoms with Crippen molar-refractivity contribution in [2.75, 3.05) is 19.8 Å². The van der Waals surface area contributed by atoms with E-state index in [1.165, 1.54) is 0 Å². The van der Waals surface area contributed by atoms with Crippen LogP contribution in [0.5, 0.6) is 5.75 Å². The minimum atomic E-state index is -0.717. The lowest BCUT2D eigenvalue weighted by Gasteiger charge is -2.40. The molecule has 0 saturated carbocycles. The van der Waals surface area contributed by atoms with E-state index < -0.39 is 5.54 Å². The summed E-state index contributed by atoms with van der Waals surface area (Å²) in [6, 6.07) is 5.42. The first-order valence-corrected chi connectivity index (χ1v) is 9.45. The zero-order chi connectivity index (χ0) is 19.0. The molecule has 0 unspecified atom stereocenters. The van der Waals surface area contributed by atoms with E-state index in [0.29, 0.717) is 47.9 Å². The Hall–Kier alpha value is -2.42. The molecule has 1 fully saturated rings. The molecule has 3 aromatic rings. The van der Waals surface area contributed by atoms with Crippen LogP contribution in [0.25, 0.3) is 11.0 Å². The minimum absolute atomic E-state index is 0.171. The maximum atomic E-state index is 12.8. The highest BCUT2D eigenvalue weighted by atomic mass is 32.1. The number of hydrogen-bond acceptors (Lipinski definition) is 7. The molecule has 27 heavy (non-hydrogen) atoms. The zero-order valence-corrected chi connectivity index (χ0v) is 15.9.